The van der Waals surface area contributed by atoms with Gasteiger partial charge in [0.2, 0.25) is 5.88 Å². The zero-order valence-electron chi connectivity index (χ0n) is 20.7. The minimum atomic E-state index is -4.26. The highest BCUT2D eigenvalue weighted by Crippen LogP contribution is 2.33. The Labute approximate surface area is 211 Å². The summed E-state index contributed by atoms with van der Waals surface area (Å²) in [7, 11) is -4.26. The van der Waals surface area contributed by atoms with E-state index in [4.69, 9.17) is 15.5 Å². The van der Waals surface area contributed by atoms with Crippen molar-refractivity contribution >= 4 is 27.3 Å². The average Bonchev–Trinajstić information content (AvgIpc) is 3.10. The molecule has 0 atom stereocenters. The third-order valence-corrected chi connectivity index (χ3v) is 7.26. The van der Waals surface area contributed by atoms with Crippen molar-refractivity contribution in [1.82, 2.24) is 14.7 Å². The monoisotopic (exact) mass is 506 g/mol. The van der Waals surface area contributed by atoms with Gasteiger partial charge in [-0.3, -0.25) is 4.79 Å². The molecule has 1 aliphatic rings. The summed E-state index contributed by atoms with van der Waals surface area (Å²) in [6.45, 7) is 5.83. The van der Waals surface area contributed by atoms with Crippen LogP contribution in [-0.2, 0) is 10.0 Å². The second kappa shape index (κ2) is 10.5. The van der Waals surface area contributed by atoms with Gasteiger partial charge in [0.15, 0.2) is 5.03 Å². The van der Waals surface area contributed by atoms with Crippen LogP contribution in [0.1, 0.15) is 64.8 Å². The van der Waals surface area contributed by atoms with Crippen molar-refractivity contribution in [2.24, 2.45) is 0 Å². The Hall–Kier alpha value is -3.72. The molecular weight excluding hydrogens is 476 g/mol. The molecule has 2 aromatic heterocycles. The summed E-state index contributed by atoms with van der Waals surface area (Å²) in [4.78, 5) is 21.7. The molecule has 0 unspecified atom stereocenters. The number of aryl methyl sites for hydroxylation is 3. The highest BCUT2D eigenvalue weighted by Gasteiger charge is 2.25. The fourth-order valence-electron chi connectivity index (χ4n) is 4.35. The van der Waals surface area contributed by atoms with Gasteiger partial charge >= 0.3 is 0 Å². The molecule has 1 aliphatic carbocycles. The van der Waals surface area contributed by atoms with Gasteiger partial charge in [0.1, 0.15) is 17.1 Å². The Morgan fingerprint density at radius 3 is 2.47 bits per heavy atom. The van der Waals surface area contributed by atoms with Crippen molar-refractivity contribution in [2.75, 3.05) is 5.73 Å². The standard InChI is InChI=1S/C27H30N4O4S/c1-17-15-18(2)25(19(3)16-17)35-27-21(13-14-22(29-27)20-9-6-4-5-7-10-20)26(32)31-36(33,34)24-12-8-11-23(28)30-24/h8-9,11-16H,4-7,10H2,1-3H3,(H2,28,30)(H,31,32). The minimum Gasteiger partial charge on any atom is -0.438 e. The number of rotatable bonds is 6. The zero-order chi connectivity index (χ0) is 25.9. The second-order valence-electron chi connectivity index (χ2n) is 9.04. The molecule has 4 rings (SSSR count). The maximum Gasteiger partial charge on any atom is 0.281 e. The van der Waals surface area contributed by atoms with Crippen molar-refractivity contribution in [1.29, 1.82) is 0 Å². The van der Waals surface area contributed by atoms with E-state index in [0.29, 0.717) is 11.4 Å². The topological polar surface area (TPSA) is 124 Å². The molecule has 2 heterocycles. The number of hydrogen-bond acceptors (Lipinski definition) is 7. The fraction of sp³-hybridized carbons (Fsp3) is 0.296. The predicted octanol–water partition coefficient (Wildman–Crippen LogP) is 5.24. The number of aromatic nitrogens is 2. The number of nitrogens with zero attached hydrogens (tertiary/aromatic N) is 2. The molecule has 9 heteroatoms. The van der Waals surface area contributed by atoms with Gasteiger partial charge in [0.05, 0.1) is 5.69 Å². The second-order valence-corrected chi connectivity index (χ2v) is 10.7. The van der Waals surface area contributed by atoms with Crippen LogP contribution in [0.2, 0.25) is 0 Å². The molecule has 3 N–H and O–H groups in total. The van der Waals surface area contributed by atoms with Gasteiger partial charge in [-0.15, -0.1) is 0 Å². The van der Waals surface area contributed by atoms with Crippen molar-refractivity contribution < 1.29 is 17.9 Å². The number of nitrogens with one attached hydrogen (secondary N) is 1. The van der Waals surface area contributed by atoms with E-state index >= 15 is 0 Å². The summed E-state index contributed by atoms with van der Waals surface area (Å²) in [5.74, 6) is -0.219. The van der Waals surface area contributed by atoms with Crippen LogP contribution in [-0.4, -0.2) is 24.3 Å². The molecule has 0 fully saturated rings. The molecule has 0 spiro atoms. The number of carbonyl (C=O) groups excluding carboxylic acids is 1. The Morgan fingerprint density at radius 2 is 1.75 bits per heavy atom. The molecule has 0 saturated heterocycles. The number of nitrogens with two attached hydrogens (primary N) is 1. The van der Waals surface area contributed by atoms with E-state index in [1.165, 1.54) is 18.2 Å². The molecule has 36 heavy (non-hydrogen) atoms. The minimum absolute atomic E-state index is 0.000162. The van der Waals surface area contributed by atoms with Gasteiger partial charge in [0.25, 0.3) is 15.9 Å². The zero-order valence-corrected chi connectivity index (χ0v) is 21.5. The number of sulfonamides is 1. The highest BCUT2D eigenvalue weighted by molar-refractivity contribution is 7.90. The summed E-state index contributed by atoms with van der Waals surface area (Å²) < 4.78 is 33.9. The largest absolute Gasteiger partial charge is 0.438 e. The number of nitrogen functional groups attached to an aromatic ring is 1. The van der Waals surface area contributed by atoms with Crippen LogP contribution in [0.25, 0.3) is 5.57 Å². The van der Waals surface area contributed by atoms with Crippen LogP contribution in [0.4, 0.5) is 5.82 Å². The molecule has 1 aromatic carbocycles. The Bertz CT molecular complexity index is 1420. The summed E-state index contributed by atoms with van der Waals surface area (Å²) >= 11 is 0. The lowest BCUT2D eigenvalue weighted by Gasteiger charge is -2.16. The summed E-state index contributed by atoms with van der Waals surface area (Å²) in [5.41, 5.74) is 10.3. The highest BCUT2D eigenvalue weighted by atomic mass is 32.2. The van der Waals surface area contributed by atoms with Gasteiger partial charge in [-0.1, -0.05) is 36.3 Å². The predicted molar refractivity (Wildman–Crippen MR) is 139 cm³/mol. The average molecular weight is 507 g/mol. The van der Waals surface area contributed by atoms with Crippen LogP contribution in [0, 0.1) is 20.8 Å². The molecule has 0 saturated carbocycles. The van der Waals surface area contributed by atoms with Crippen LogP contribution < -0.4 is 15.2 Å². The van der Waals surface area contributed by atoms with Gasteiger partial charge in [-0.05, 0) is 87.4 Å². The maximum atomic E-state index is 13.2. The van der Waals surface area contributed by atoms with Crippen molar-refractivity contribution in [3.05, 3.63) is 76.5 Å². The number of pyridine rings is 2. The van der Waals surface area contributed by atoms with Crippen molar-refractivity contribution in [3.63, 3.8) is 0 Å². The van der Waals surface area contributed by atoms with E-state index in [2.05, 4.69) is 15.8 Å². The van der Waals surface area contributed by atoms with Crippen molar-refractivity contribution in [2.45, 2.75) is 57.9 Å². The first-order valence-electron chi connectivity index (χ1n) is 11.9. The Morgan fingerprint density at radius 1 is 1.00 bits per heavy atom. The number of anilines is 1. The number of ether oxygens (including phenoxy) is 1. The molecule has 1 amide bonds. The third kappa shape index (κ3) is 5.73. The summed E-state index contributed by atoms with van der Waals surface area (Å²) in [5, 5.41) is -0.350. The van der Waals surface area contributed by atoms with E-state index in [9.17, 15) is 13.2 Å². The lowest BCUT2D eigenvalue weighted by molar-refractivity contribution is 0.0978. The van der Waals surface area contributed by atoms with Gasteiger partial charge < -0.3 is 10.5 Å². The number of amides is 1. The van der Waals surface area contributed by atoms with Crippen LogP contribution in [0.3, 0.4) is 0 Å². The lowest BCUT2D eigenvalue weighted by Crippen LogP contribution is -2.31. The molecule has 3 aromatic rings. The first kappa shape index (κ1) is 25.4. The van der Waals surface area contributed by atoms with Gasteiger partial charge in [-0.2, -0.15) is 8.42 Å². The van der Waals surface area contributed by atoms with Crippen molar-refractivity contribution in [3.8, 4) is 11.6 Å². The smallest absolute Gasteiger partial charge is 0.281 e. The molecule has 0 bridgehead atoms. The number of benzene rings is 1. The first-order valence-corrected chi connectivity index (χ1v) is 13.4. The Kier molecular flexibility index (Phi) is 7.40. The van der Waals surface area contributed by atoms with E-state index in [0.717, 1.165) is 54.4 Å². The van der Waals surface area contributed by atoms with Crippen LogP contribution >= 0.6 is 0 Å². The van der Waals surface area contributed by atoms with E-state index < -0.39 is 15.9 Å². The summed E-state index contributed by atoms with van der Waals surface area (Å²) in [6.07, 6.45) is 7.38. The molecular formula is C27H30N4O4S. The normalized spacial score (nSPS) is 14.0. The van der Waals surface area contributed by atoms with Crippen LogP contribution in [0.5, 0.6) is 11.6 Å². The number of hydrogen-bond donors (Lipinski definition) is 2. The SMILES string of the molecule is Cc1cc(C)c(Oc2nc(C3=CCCCCC3)ccc2C(=O)NS(=O)(=O)c2cccc(N)n2)c(C)c1. The number of allylic oxidation sites excluding steroid dienone is 2. The van der Waals surface area contributed by atoms with E-state index in [1.807, 2.05) is 32.9 Å². The molecule has 188 valence electrons. The quantitative estimate of drug-likeness (QED) is 0.468. The van der Waals surface area contributed by atoms with E-state index in [1.54, 1.807) is 12.1 Å². The lowest BCUT2D eigenvalue weighted by atomic mass is 10.1. The molecule has 0 aliphatic heterocycles. The maximum absolute atomic E-state index is 13.2. The fourth-order valence-corrected chi connectivity index (χ4v) is 5.29. The van der Waals surface area contributed by atoms with Crippen LogP contribution in [0.15, 0.2) is 53.6 Å². The third-order valence-electron chi connectivity index (χ3n) is 6.03. The summed E-state index contributed by atoms with van der Waals surface area (Å²) in [6, 6.07) is 11.4. The van der Waals surface area contributed by atoms with Gasteiger partial charge in [-0.25, -0.2) is 14.7 Å². The molecule has 0 radical (unpaired) electrons. The van der Waals surface area contributed by atoms with E-state index in [-0.39, 0.29) is 22.3 Å². The molecule has 8 nitrogen and oxygen atoms in total. The Balaban J connectivity index is 1.74. The number of carbonyl (C=O) groups is 1. The first-order chi connectivity index (χ1) is 17.1. The van der Waals surface area contributed by atoms with Gasteiger partial charge in [0, 0.05) is 0 Å².